The van der Waals surface area contributed by atoms with Crippen molar-refractivity contribution in [2.45, 2.75) is 0 Å². The van der Waals surface area contributed by atoms with E-state index in [0.29, 0.717) is 5.89 Å². The summed E-state index contributed by atoms with van der Waals surface area (Å²) < 4.78 is 21.5. The lowest BCUT2D eigenvalue weighted by Gasteiger charge is -2.26. The summed E-state index contributed by atoms with van der Waals surface area (Å²) in [6, 6.07) is 59.2. The second kappa shape index (κ2) is 11.7. The zero-order valence-corrected chi connectivity index (χ0v) is 30.0. The van der Waals surface area contributed by atoms with Gasteiger partial charge < -0.3 is 18.2 Å². The number of furan rings is 2. The molecule has 0 spiro atoms. The molecule has 0 aliphatic heterocycles. The van der Waals surface area contributed by atoms with E-state index in [4.69, 9.17) is 18.2 Å². The first-order valence-corrected chi connectivity index (χ1v) is 19.1. The van der Waals surface area contributed by atoms with Crippen molar-refractivity contribution in [1.82, 2.24) is 4.98 Å². The van der Waals surface area contributed by atoms with Crippen molar-refractivity contribution >= 4 is 104 Å². The first-order valence-electron chi connectivity index (χ1n) is 18.3. The Morgan fingerprint density at radius 3 is 1.91 bits per heavy atom. The van der Waals surface area contributed by atoms with Gasteiger partial charge >= 0.3 is 0 Å². The molecule has 0 amide bonds. The van der Waals surface area contributed by atoms with E-state index >= 15 is 0 Å². The standard InChI is InChI=1S/C49H28N2O3S/c1-2-8-30(9-3-1)49-50-48-42(54-49)25-24-41-47(48)39-21-16-31(26-43(39)53-41)29-14-17-32(18-15-29)51(33-19-22-36-35-10-4-6-12-40(35)52-44(36)27-33)34-20-23-38-37-11-5-7-13-45(37)55-46(38)28-34/h1-28H. The van der Waals surface area contributed by atoms with Gasteiger partial charge in [0.15, 0.2) is 5.58 Å². The average Bonchev–Trinajstić information content (AvgIpc) is 4.02. The largest absolute Gasteiger partial charge is 0.456 e. The van der Waals surface area contributed by atoms with Crippen LogP contribution >= 0.6 is 11.3 Å². The molecule has 0 atom stereocenters. The number of nitrogens with zero attached hydrogens (tertiary/aromatic N) is 2. The maximum Gasteiger partial charge on any atom is 0.227 e. The molecule has 12 aromatic rings. The van der Waals surface area contributed by atoms with Crippen LogP contribution in [0.5, 0.6) is 0 Å². The van der Waals surface area contributed by atoms with Gasteiger partial charge in [-0.2, -0.15) is 0 Å². The Kier molecular flexibility index (Phi) is 6.44. The molecule has 0 saturated carbocycles. The number of hydrogen-bond donors (Lipinski definition) is 0. The fourth-order valence-corrected chi connectivity index (χ4v) is 9.23. The van der Waals surface area contributed by atoms with Crippen LogP contribution in [-0.4, -0.2) is 4.98 Å². The van der Waals surface area contributed by atoms with Crippen molar-refractivity contribution in [3.63, 3.8) is 0 Å². The van der Waals surface area contributed by atoms with E-state index in [1.54, 1.807) is 0 Å². The Labute approximate surface area is 317 Å². The van der Waals surface area contributed by atoms with E-state index in [1.165, 1.54) is 20.2 Å². The topological polar surface area (TPSA) is 55.6 Å². The maximum atomic E-state index is 6.43. The molecular formula is C49H28N2O3S. The second-order valence-electron chi connectivity index (χ2n) is 13.9. The van der Waals surface area contributed by atoms with Crippen LogP contribution in [0.3, 0.4) is 0 Å². The summed E-state index contributed by atoms with van der Waals surface area (Å²) in [5, 5.41) is 6.77. The summed E-state index contributed by atoms with van der Waals surface area (Å²) in [5.41, 5.74) is 11.2. The predicted octanol–water partition coefficient (Wildman–Crippen LogP) is 14.8. The zero-order valence-electron chi connectivity index (χ0n) is 29.2. The molecule has 4 aromatic heterocycles. The SMILES string of the molecule is c1ccc(-c2nc3c(ccc4oc5cc(-c6ccc(N(c7ccc8c(c7)oc7ccccc78)c7ccc8c(c7)sc7ccccc78)cc6)ccc5c43)o2)cc1. The van der Waals surface area contributed by atoms with Crippen molar-refractivity contribution < 1.29 is 13.3 Å². The molecule has 258 valence electrons. The third-order valence-electron chi connectivity index (χ3n) is 10.7. The van der Waals surface area contributed by atoms with Gasteiger partial charge in [-0.3, -0.25) is 0 Å². The van der Waals surface area contributed by atoms with E-state index < -0.39 is 0 Å². The first-order chi connectivity index (χ1) is 27.2. The summed E-state index contributed by atoms with van der Waals surface area (Å²) in [7, 11) is 0. The van der Waals surface area contributed by atoms with Gasteiger partial charge in [-0.1, -0.05) is 78.9 Å². The van der Waals surface area contributed by atoms with Crippen molar-refractivity contribution in [3.8, 4) is 22.6 Å². The average molecular weight is 725 g/mol. The van der Waals surface area contributed by atoms with Crippen LogP contribution in [0.25, 0.3) is 97.7 Å². The van der Waals surface area contributed by atoms with Gasteiger partial charge in [0.1, 0.15) is 27.8 Å². The normalized spacial score (nSPS) is 12.0. The fourth-order valence-electron chi connectivity index (χ4n) is 8.09. The van der Waals surface area contributed by atoms with Crippen molar-refractivity contribution in [1.29, 1.82) is 0 Å². The molecule has 12 rings (SSSR count). The number of para-hydroxylation sites is 1. The molecule has 4 heterocycles. The molecule has 55 heavy (non-hydrogen) atoms. The fraction of sp³-hybridized carbons (Fsp3) is 0. The Morgan fingerprint density at radius 2 is 1.02 bits per heavy atom. The van der Waals surface area contributed by atoms with E-state index in [0.717, 1.165) is 88.7 Å². The number of aromatic nitrogens is 1. The molecule has 0 radical (unpaired) electrons. The summed E-state index contributed by atoms with van der Waals surface area (Å²) in [5.74, 6) is 0.601. The highest BCUT2D eigenvalue weighted by Crippen LogP contribution is 2.43. The molecule has 5 nitrogen and oxygen atoms in total. The first kappa shape index (κ1) is 30.3. The number of rotatable bonds is 5. The zero-order chi connectivity index (χ0) is 36.0. The quantitative estimate of drug-likeness (QED) is 0.177. The summed E-state index contributed by atoms with van der Waals surface area (Å²) in [4.78, 5) is 7.22. The molecule has 0 fully saturated rings. The molecule has 6 heteroatoms. The lowest BCUT2D eigenvalue weighted by Crippen LogP contribution is -2.09. The van der Waals surface area contributed by atoms with Crippen LogP contribution in [-0.2, 0) is 0 Å². The third-order valence-corrected chi connectivity index (χ3v) is 11.8. The number of hydrogen-bond acceptors (Lipinski definition) is 6. The lowest BCUT2D eigenvalue weighted by atomic mass is 10.0. The van der Waals surface area contributed by atoms with Gasteiger partial charge in [0, 0.05) is 65.0 Å². The lowest BCUT2D eigenvalue weighted by molar-refractivity contribution is 0.619. The molecule has 0 saturated heterocycles. The molecule has 0 N–H and O–H groups in total. The summed E-state index contributed by atoms with van der Waals surface area (Å²) in [6.45, 7) is 0. The highest BCUT2D eigenvalue weighted by Gasteiger charge is 2.19. The number of oxazole rings is 1. The number of anilines is 3. The maximum absolute atomic E-state index is 6.43. The minimum absolute atomic E-state index is 0.601. The van der Waals surface area contributed by atoms with E-state index in [9.17, 15) is 0 Å². The smallest absolute Gasteiger partial charge is 0.227 e. The van der Waals surface area contributed by atoms with Crippen LogP contribution in [0.1, 0.15) is 0 Å². The molecule has 0 aliphatic carbocycles. The second-order valence-corrected chi connectivity index (χ2v) is 15.0. The Balaban J connectivity index is 0.956. The van der Waals surface area contributed by atoms with Gasteiger partial charge in [0.25, 0.3) is 0 Å². The van der Waals surface area contributed by atoms with Crippen LogP contribution in [0.15, 0.2) is 183 Å². The van der Waals surface area contributed by atoms with E-state index in [-0.39, 0.29) is 0 Å². The van der Waals surface area contributed by atoms with Crippen molar-refractivity contribution in [3.05, 3.63) is 170 Å². The Morgan fingerprint density at radius 1 is 0.382 bits per heavy atom. The van der Waals surface area contributed by atoms with E-state index in [2.05, 4.69) is 120 Å². The molecule has 0 bridgehead atoms. The minimum atomic E-state index is 0.601. The predicted molar refractivity (Wildman–Crippen MR) is 227 cm³/mol. The van der Waals surface area contributed by atoms with E-state index in [1.807, 2.05) is 65.9 Å². The van der Waals surface area contributed by atoms with Gasteiger partial charge in [-0.15, -0.1) is 11.3 Å². The van der Waals surface area contributed by atoms with Gasteiger partial charge in [0.2, 0.25) is 5.89 Å². The third kappa shape index (κ3) is 4.75. The molecular weight excluding hydrogens is 697 g/mol. The van der Waals surface area contributed by atoms with Crippen molar-refractivity contribution in [2.24, 2.45) is 0 Å². The molecule has 0 aliphatic rings. The Bertz CT molecular complexity index is 3330. The Hall–Kier alpha value is -7.15. The van der Waals surface area contributed by atoms with Crippen molar-refractivity contribution in [2.75, 3.05) is 4.90 Å². The molecule has 8 aromatic carbocycles. The number of fused-ring (bicyclic) bond motifs is 11. The van der Waals surface area contributed by atoms with Crippen LogP contribution in [0.2, 0.25) is 0 Å². The highest BCUT2D eigenvalue weighted by atomic mass is 32.1. The van der Waals surface area contributed by atoms with Crippen LogP contribution in [0.4, 0.5) is 17.1 Å². The van der Waals surface area contributed by atoms with Gasteiger partial charge in [0.05, 0.1) is 5.39 Å². The number of thiophene rings is 1. The molecule has 0 unspecified atom stereocenters. The monoisotopic (exact) mass is 724 g/mol. The summed E-state index contributed by atoms with van der Waals surface area (Å²) >= 11 is 1.83. The van der Waals surface area contributed by atoms with Crippen LogP contribution in [0, 0.1) is 0 Å². The highest BCUT2D eigenvalue weighted by molar-refractivity contribution is 7.25. The van der Waals surface area contributed by atoms with Gasteiger partial charge in [-0.05, 0) is 96.1 Å². The summed E-state index contributed by atoms with van der Waals surface area (Å²) in [6.07, 6.45) is 0. The number of benzene rings is 8. The minimum Gasteiger partial charge on any atom is -0.456 e. The van der Waals surface area contributed by atoms with Gasteiger partial charge in [-0.25, -0.2) is 4.98 Å². The van der Waals surface area contributed by atoms with Crippen LogP contribution < -0.4 is 4.90 Å².